The lowest BCUT2D eigenvalue weighted by Gasteiger charge is -2.26. The number of hydrogen-bond acceptors (Lipinski definition) is 2. The number of hydrogen-bond donors (Lipinski definition) is 1. The van der Waals surface area contributed by atoms with Crippen LogP contribution in [0.1, 0.15) is 28.7 Å². The van der Waals surface area contributed by atoms with Gasteiger partial charge in [-0.1, -0.05) is 129 Å². The second kappa shape index (κ2) is 11.8. The number of rotatable bonds is 10. The Bertz CT molecular complexity index is 1150. The molecule has 0 saturated carbocycles. The monoisotopic (exact) mass is 500 g/mol. The molecule has 1 N–H and O–H groups in total. The highest BCUT2D eigenvalue weighted by molar-refractivity contribution is 6.91. The second-order valence-electron chi connectivity index (χ2n) is 11.1. The minimum absolute atomic E-state index is 0.153. The van der Waals surface area contributed by atoms with Gasteiger partial charge in [0.25, 0.3) is 0 Å². The smallest absolute Gasteiger partial charge is 0.119 e. The van der Waals surface area contributed by atoms with E-state index in [9.17, 15) is 0 Å². The largest absolute Gasteiger partial charge is 0.494 e. The van der Waals surface area contributed by atoms with Crippen LogP contribution in [0, 0.1) is 0 Å². The van der Waals surface area contributed by atoms with E-state index in [0.29, 0.717) is 13.0 Å². The summed E-state index contributed by atoms with van der Waals surface area (Å²) < 4.78 is 5.67. The van der Waals surface area contributed by atoms with Crippen LogP contribution < -0.4 is 15.1 Å². The first-order valence-electron chi connectivity index (χ1n) is 12.5. The fourth-order valence-corrected chi connectivity index (χ4v) is 7.29. The summed E-state index contributed by atoms with van der Waals surface area (Å²) in [5.41, 5.74) is 5.11. The molecule has 0 saturated heterocycles. The zero-order valence-corrected chi connectivity index (χ0v) is 24.1. The van der Waals surface area contributed by atoms with Gasteiger partial charge in [0, 0.05) is 13.0 Å². The quantitative estimate of drug-likeness (QED) is 0.187. The second-order valence-corrected chi connectivity index (χ2v) is 21.2. The summed E-state index contributed by atoms with van der Waals surface area (Å²) in [5, 5.41) is 11.9. The highest BCUT2D eigenvalue weighted by Gasteiger charge is 2.25. The van der Waals surface area contributed by atoms with E-state index in [0.717, 1.165) is 11.3 Å². The maximum Gasteiger partial charge on any atom is 0.119 e. The summed E-state index contributed by atoms with van der Waals surface area (Å²) in [7, 11) is -3.14. The van der Waals surface area contributed by atoms with E-state index >= 15 is 0 Å². The third-order valence-electron chi connectivity index (χ3n) is 6.00. The minimum atomic E-state index is -1.58. The molecule has 3 aromatic carbocycles. The van der Waals surface area contributed by atoms with E-state index in [-0.39, 0.29) is 6.61 Å². The van der Waals surface area contributed by atoms with Crippen LogP contribution in [0.3, 0.4) is 0 Å². The van der Waals surface area contributed by atoms with Crippen molar-refractivity contribution in [1.82, 2.24) is 0 Å². The van der Waals surface area contributed by atoms with Gasteiger partial charge in [-0.25, -0.2) is 0 Å². The SMILES string of the molecule is C[Si](C)(C)c1cc(/C=C/c2ccc(OCCCO)cc2)c([Si](C)(C)C)cc1/C=C/c1ccccc1. The molecule has 0 bridgehead atoms. The minimum Gasteiger partial charge on any atom is -0.494 e. The highest BCUT2D eigenvalue weighted by atomic mass is 28.3. The molecule has 0 unspecified atom stereocenters. The average Bonchev–Trinajstić information content (AvgIpc) is 2.81. The number of ether oxygens (including phenoxy) is 1. The van der Waals surface area contributed by atoms with Gasteiger partial charge in [0.1, 0.15) is 5.75 Å². The molecule has 0 spiro atoms. The highest BCUT2D eigenvalue weighted by Crippen LogP contribution is 2.19. The van der Waals surface area contributed by atoms with Crippen LogP contribution >= 0.6 is 0 Å². The molecule has 4 heteroatoms. The standard InChI is InChI=1S/C31H40O2Si2/c1-34(2,3)30-24-28(18-14-26-15-19-29(20-16-26)33-22-10-21-32)31(35(4,5)6)23-27(30)17-13-25-11-8-7-9-12-25/h7-9,11-20,23-24,32H,10,21-22H2,1-6H3/b17-13+,18-14+. The van der Waals surface area contributed by atoms with Gasteiger partial charge in [0.05, 0.1) is 22.8 Å². The van der Waals surface area contributed by atoms with E-state index < -0.39 is 16.1 Å². The molecular formula is C31H40O2Si2. The van der Waals surface area contributed by atoms with Crippen molar-refractivity contribution in [2.24, 2.45) is 0 Å². The molecule has 0 radical (unpaired) electrons. The molecule has 0 aromatic heterocycles. The van der Waals surface area contributed by atoms with Crippen molar-refractivity contribution < 1.29 is 9.84 Å². The van der Waals surface area contributed by atoms with Gasteiger partial charge < -0.3 is 9.84 Å². The Morgan fingerprint density at radius 2 is 1.14 bits per heavy atom. The van der Waals surface area contributed by atoms with Crippen LogP contribution in [0.2, 0.25) is 39.3 Å². The van der Waals surface area contributed by atoms with Crippen molar-refractivity contribution in [1.29, 1.82) is 0 Å². The average molecular weight is 501 g/mol. The fourth-order valence-electron chi connectivity index (χ4n) is 4.07. The Balaban J connectivity index is 1.98. The molecule has 3 aromatic rings. The van der Waals surface area contributed by atoms with Crippen molar-refractivity contribution in [3.63, 3.8) is 0 Å². The van der Waals surface area contributed by atoms with Crippen molar-refractivity contribution in [2.45, 2.75) is 45.7 Å². The Morgan fingerprint density at radius 1 is 0.657 bits per heavy atom. The van der Waals surface area contributed by atoms with Gasteiger partial charge in [0.2, 0.25) is 0 Å². The fraction of sp³-hybridized carbons (Fsp3) is 0.290. The third-order valence-corrected chi connectivity index (χ3v) is 10.1. The Kier molecular flexibility index (Phi) is 9.11. The zero-order chi connectivity index (χ0) is 25.5. The molecule has 0 aliphatic heterocycles. The summed E-state index contributed by atoms with van der Waals surface area (Å²) in [6.07, 6.45) is 9.72. The maximum atomic E-state index is 8.93. The van der Waals surface area contributed by atoms with Gasteiger partial charge in [-0.3, -0.25) is 0 Å². The topological polar surface area (TPSA) is 29.5 Å². The van der Waals surface area contributed by atoms with Crippen LogP contribution in [0.5, 0.6) is 5.75 Å². The number of aliphatic hydroxyl groups is 1. The first-order chi connectivity index (χ1) is 16.6. The van der Waals surface area contributed by atoms with Gasteiger partial charge in [0.15, 0.2) is 0 Å². The van der Waals surface area contributed by atoms with Crippen molar-refractivity contribution in [3.8, 4) is 5.75 Å². The molecule has 2 nitrogen and oxygen atoms in total. The van der Waals surface area contributed by atoms with Gasteiger partial charge in [-0.05, 0) is 34.4 Å². The third kappa shape index (κ3) is 7.92. The predicted octanol–water partition coefficient (Wildman–Crippen LogP) is 6.88. The lowest BCUT2D eigenvalue weighted by molar-refractivity contribution is 0.233. The first-order valence-corrected chi connectivity index (χ1v) is 19.5. The van der Waals surface area contributed by atoms with E-state index in [2.05, 4.69) is 118 Å². The van der Waals surface area contributed by atoms with E-state index in [1.165, 1.54) is 27.1 Å². The van der Waals surface area contributed by atoms with Crippen molar-refractivity contribution in [2.75, 3.05) is 13.2 Å². The van der Waals surface area contributed by atoms with E-state index in [1.807, 2.05) is 12.1 Å². The number of benzene rings is 3. The maximum absolute atomic E-state index is 8.93. The molecule has 0 atom stereocenters. The van der Waals surface area contributed by atoms with Gasteiger partial charge in [-0.2, -0.15) is 0 Å². The Morgan fingerprint density at radius 3 is 1.60 bits per heavy atom. The lowest BCUT2D eigenvalue weighted by atomic mass is 10.1. The Hall–Kier alpha value is -2.67. The normalized spacial score (nSPS) is 12.5. The van der Waals surface area contributed by atoms with Crippen LogP contribution in [0.15, 0.2) is 66.7 Å². The molecule has 0 heterocycles. The molecule has 184 valence electrons. The number of aliphatic hydroxyl groups excluding tert-OH is 1. The van der Waals surface area contributed by atoms with Crippen LogP contribution in [0.4, 0.5) is 0 Å². The summed E-state index contributed by atoms with van der Waals surface area (Å²) >= 11 is 0. The zero-order valence-electron chi connectivity index (χ0n) is 22.1. The molecular weight excluding hydrogens is 461 g/mol. The Labute approximate surface area is 214 Å². The molecule has 0 fully saturated rings. The van der Waals surface area contributed by atoms with Crippen LogP contribution in [-0.4, -0.2) is 34.5 Å². The summed E-state index contributed by atoms with van der Waals surface area (Å²) in [5.74, 6) is 0.842. The van der Waals surface area contributed by atoms with Gasteiger partial charge >= 0.3 is 0 Å². The summed E-state index contributed by atoms with van der Waals surface area (Å²) in [6.45, 7) is 15.3. The first kappa shape index (κ1) is 26.9. The summed E-state index contributed by atoms with van der Waals surface area (Å²) in [4.78, 5) is 0. The molecule has 3 rings (SSSR count). The molecule has 0 amide bonds. The molecule has 35 heavy (non-hydrogen) atoms. The van der Waals surface area contributed by atoms with Crippen molar-refractivity contribution >= 4 is 50.8 Å². The lowest BCUT2D eigenvalue weighted by Crippen LogP contribution is -2.45. The van der Waals surface area contributed by atoms with Gasteiger partial charge in [-0.15, -0.1) is 0 Å². The van der Waals surface area contributed by atoms with E-state index in [4.69, 9.17) is 9.84 Å². The molecule has 0 aliphatic carbocycles. The predicted molar refractivity (Wildman–Crippen MR) is 160 cm³/mol. The summed E-state index contributed by atoms with van der Waals surface area (Å²) in [6, 6.07) is 23.7. The van der Waals surface area contributed by atoms with E-state index in [1.54, 1.807) is 0 Å². The molecule has 0 aliphatic rings. The van der Waals surface area contributed by atoms with Crippen LogP contribution in [0.25, 0.3) is 24.3 Å². The van der Waals surface area contributed by atoms with Crippen molar-refractivity contribution in [3.05, 3.63) is 89.0 Å². The van der Waals surface area contributed by atoms with Crippen LogP contribution in [-0.2, 0) is 0 Å².